The standard InChI is InChI=1S/C11H17N3O4/c1-4-5-14(6-8(15)16)10(18)13-7-11(2,3)9(12)17/h1H,5-7H2,2-3H3,(H2,12,17)(H,13,18)(H,15,16). The summed E-state index contributed by atoms with van der Waals surface area (Å²) >= 11 is 0. The van der Waals surface area contributed by atoms with Crippen molar-refractivity contribution in [2.24, 2.45) is 11.1 Å². The fourth-order valence-corrected chi connectivity index (χ4v) is 0.968. The predicted octanol–water partition coefficient (Wildman–Crippen LogP) is -0.773. The van der Waals surface area contributed by atoms with Crippen molar-refractivity contribution in [3.05, 3.63) is 0 Å². The zero-order valence-corrected chi connectivity index (χ0v) is 10.4. The summed E-state index contributed by atoms with van der Waals surface area (Å²) in [6.07, 6.45) is 5.03. The minimum absolute atomic E-state index is 0.00184. The number of aliphatic carboxylic acids is 1. The molecular weight excluding hydrogens is 238 g/mol. The molecule has 0 bridgehead atoms. The number of rotatable bonds is 6. The van der Waals surface area contributed by atoms with E-state index in [-0.39, 0.29) is 13.1 Å². The summed E-state index contributed by atoms with van der Waals surface area (Å²) in [5.41, 5.74) is 4.23. The molecule has 0 aromatic heterocycles. The van der Waals surface area contributed by atoms with E-state index >= 15 is 0 Å². The van der Waals surface area contributed by atoms with Gasteiger partial charge in [0.2, 0.25) is 5.91 Å². The monoisotopic (exact) mass is 255 g/mol. The molecule has 0 saturated heterocycles. The predicted molar refractivity (Wildman–Crippen MR) is 64.4 cm³/mol. The number of nitrogens with zero attached hydrogens (tertiary/aromatic N) is 1. The van der Waals surface area contributed by atoms with Crippen LogP contribution in [-0.4, -0.2) is 47.5 Å². The topological polar surface area (TPSA) is 113 Å². The van der Waals surface area contributed by atoms with Gasteiger partial charge in [-0.2, -0.15) is 0 Å². The summed E-state index contributed by atoms with van der Waals surface area (Å²) < 4.78 is 0. The van der Waals surface area contributed by atoms with Crippen molar-refractivity contribution in [2.75, 3.05) is 19.6 Å². The number of hydrogen-bond donors (Lipinski definition) is 3. The Bertz CT molecular complexity index is 384. The van der Waals surface area contributed by atoms with Gasteiger partial charge in [-0.25, -0.2) is 4.79 Å². The fraction of sp³-hybridized carbons (Fsp3) is 0.545. The van der Waals surface area contributed by atoms with Crippen molar-refractivity contribution < 1.29 is 19.5 Å². The van der Waals surface area contributed by atoms with Crippen LogP contribution in [0.1, 0.15) is 13.8 Å². The smallest absolute Gasteiger partial charge is 0.323 e. The molecule has 0 unspecified atom stereocenters. The van der Waals surface area contributed by atoms with Crippen LogP contribution in [0.5, 0.6) is 0 Å². The highest BCUT2D eigenvalue weighted by atomic mass is 16.4. The normalized spacial score (nSPS) is 10.3. The highest BCUT2D eigenvalue weighted by molar-refractivity contribution is 5.83. The first-order valence-electron chi connectivity index (χ1n) is 5.18. The zero-order valence-electron chi connectivity index (χ0n) is 10.4. The lowest BCUT2D eigenvalue weighted by molar-refractivity contribution is -0.137. The van der Waals surface area contributed by atoms with E-state index in [0.717, 1.165) is 4.90 Å². The van der Waals surface area contributed by atoms with Crippen LogP contribution in [-0.2, 0) is 9.59 Å². The summed E-state index contributed by atoms with van der Waals surface area (Å²) in [5.74, 6) is 0.447. The first-order valence-corrected chi connectivity index (χ1v) is 5.18. The van der Waals surface area contributed by atoms with Crippen molar-refractivity contribution in [2.45, 2.75) is 13.8 Å². The first-order chi connectivity index (χ1) is 8.20. The van der Waals surface area contributed by atoms with Gasteiger partial charge >= 0.3 is 12.0 Å². The summed E-state index contributed by atoms with van der Waals surface area (Å²) in [7, 11) is 0. The molecular formula is C11H17N3O4. The second-order valence-electron chi connectivity index (χ2n) is 4.36. The van der Waals surface area contributed by atoms with E-state index in [1.165, 1.54) is 0 Å². The van der Waals surface area contributed by atoms with Crippen LogP contribution in [0.3, 0.4) is 0 Å². The Balaban J connectivity index is 4.49. The summed E-state index contributed by atoms with van der Waals surface area (Å²) in [6.45, 7) is 2.50. The van der Waals surface area contributed by atoms with Crippen LogP contribution in [0.25, 0.3) is 0 Å². The summed E-state index contributed by atoms with van der Waals surface area (Å²) in [4.78, 5) is 34.2. The van der Waals surface area contributed by atoms with E-state index in [1.54, 1.807) is 13.8 Å². The number of urea groups is 1. The number of primary amides is 1. The van der Waals surface area contributed by atoms with Crippen LogP contribution in [0, 0.1) is 17.8 Å². The maximum absolute atomic E-state index is 11.6. The Labute approximate surface area is 105 Å². The molecule has 0 aliphatic heterocycles. The van der Waals surface area contributed by atoms with Crippen LogP contribution in [0.4, 0.5) is 4.79 Å². The van der Waals surface area contributed by atoms with E-state index < -0.39 is 29.9 Å². The lowest BCUT2D eigenvalue weighted by atomic mass is 9.93. The molecule has 0 radical (unpaired) electrons. The van der Waals surface area contributed by atoms with Gasteiger partial charge in [0.1, 0.15) is 6.54 Å². The SMILES string of the molecule is C#CCN(CC(=O)O)C(=O)NCC(C)(C)C(N)=O. The maximum atomic E-state index is 11.6. The third-order valence-electron chi connectivity index (χ3n) is 2.24. The molecule has 3 amide bonds. The van der Waals surface area contributed by atoms with Gasteiger partial charge in [-0.05, 0) is 13.8 Å². The molecule has 7 heteroatoms. The van der Waals surface area contributed by atoms with Gasteiger partial charge in [0, 0.05) is 6.54 Å². The second-order valence-corrected chi connectivity index (χ2v) is 4.36. The molecule has 0 fully saturated rings. The van der Waals surface area contributed by atoms with Gasteiger partial charge in [0.25, 0.3) is 0 Å². The maximum Gasteiger partial charge on any atom is 0.323 e. The van der Waals surface area contributed by atoms with Gasteiger partial charge in [0.15, 0.2) is 0 Å². The molecule has 7 nitrogen and oxygen atoms in total. The largest absolute Gasteiger partial charge is 0.480 e. The molecule has 0 aliphatic rings. The highest BCUT2D eigenvalue weighted by Crippen LogP contribution is 2.11. The van der Waals surface area contributed by atoms with Gasteiger partial charge in [0.05, 0.1) is 12.0 Å². The van der Waals surface area contributed by atoms with Crippen molar-refractivity contribution >= 4 is 17.9 Å². The number of carbonyl (C=O) groups is 3. The van der Waals surface area contributed by atoms with Gasteiger partial charge in [-0.1, -0.05) is 5.92 Å². The number of carboxylic acids is 1. The van der Waals surface area contributed by atoms with Crippen LogP contribution < -0.4 is 11.1 Å². The Morgan fingerprint density at radius 1 is 1.44 bits per heavy atom. The molecule has 0 atom stereocenters. The molecule has 0 spiro atoms. The van der Waals surface area contributed by atoms with Gasteiger partial charge < -0.3 is 21.1 Å². The van der Waals surface area contributed by atoms with Crippen molar-refractivity contribution in [3.63, 3.8) is 0 Å². The highest BCUT2D eigenvalue weighted by Gasteiger charge is 2.26. The Morgan fingerprint density at radius 2 is 2.00 bits per heavy atom. The van der Waals surface area contributed by atoms with E-state index in [1.807, 2.05) is 0 Å². The number of carboxylic acid groups (broad SMARTS) is 1. The molecule has 0 aromatic rings. The van der Waals surface area contributed by atoms with Crippen molar-refractivity contribution in [3.8, 4) is 12.3 Å². The number of hydrogen-bond acceptors (Lipinski definition) is 3. The molecule has 0 aromatic carbocycles. The molecule has 18 heavy (non-hydrogen) atoms. The minimum atomic E-state index is -1.17. The third kappa shape index (κ3) is 5.21. The van der Waals surface area contributed by atoms with Crippen LogP contribution in [0.15, 0.2) is 0 Å². The number of nitrogens with one attached hydrogen (secondary N) is 1. The average Bonchev–Trinajstić information content (AvgIpc) is 2.24. The van der Waals surface area contributed by atoms with Crippen LogP contribution in [0.2, 0.25) is 0 Å². The molecule has 4 N–H and O–H groups in total. The van der Waals surface area contributed by atoms with Crippen molar-refractivity contribution in [1.82, 2.24) is 10.2 Å². The first kappa shape index (κ1) is 15.8. The number of terminal acetylenes is 1. The minimum Gasteiger partial charge on any atom is -0.480 e. The third-order valence-corrected chi connectivity index (χ3v) is 2.24. The Hall–Kier alpha value is -2.23. The Morgan fingerprint density at radius 3 is 2.39 bits per heavy atom. The van der Waals surface area contributed by atoms with E-state index in [4.69, 9.17) is 17.3 Å². The summed E-state index contributed by atoms with van der Waals surface area (Å²) in [6, 6.07) is -0.648. The quantitative estimate of drug-likeness (QED) is 0.541. The lowest BCUT2D eigenvalue weighted by Crippen LogP contribution is -2.48. The molecule has 100 valence electrons. The van der Waals surface area contributed by atoms with E-state index in [2.05, 4.69) is 11.2 Å². The van der Waals surface area contributed by atoms with Gasteiger partial charge in [-0.3, -0.25) is 9.59 Å². The van der Waals surface area contributed by atoms with E-state index in [0.29, 0.717) is 0 Å². The lowest BCUT2D eigenvalue weighted by Gasteiger charge is -2.24. The second kappa shape index (κ2) is 6.49. The average molecular weight is 255 g/mol. The van der Waals surface area contributed by atoms with Crippen LogP contribution >= 0.6 is 0 Å². The fourth-order valence-electron chi connectivity index (χ4n) is 0.968. The molecule has 0 heterocycles. The number of amides is 3. The molecule has 0 saturated carbocycles. The summed E-state index contributed by atoms with van der Waals surface area (Å²) in [5, 5.41) is 11.0. The van der Waals surface area contributed by atoms with Crippen molar-refractivity contribution in [1.29, 1.82) is 0 Å². The van der Waals surface area contributed by atoms with Gasteiger partial charge in [-0.15, -0.1) is 6.42 Å². The number of carbonyl (C=O) groups excluding carboxylic acids is 2. The molecule has 0 rings (SSSR count). The Kier molecular flexibility index (Phi) is 5.69. The number of nitrogens with two attached hydrogens (primary N) is 1. The van der Waals surface area contributed by atoms with E-state index in [9.17, 15) is 14.4 Å². The molecule has 0 aliphatic carbocycles. The zero-order chi connectivity index (χ0) is 14.3.